The van der Waals surface area contributed by atoms with Crippen molar-refractivity contribution in [3.05, 3.63) is 64.0 Å². The van der Waals surface area contributed by atoms with Gasteiger partial charge in [-0.05, 0) is 30.0 Å². The fraction of sp³-hybridized carbons (Fsp3) is 0.278. The molecule has 1 aliphatic heterocycles. The molecule has 0 N–H and O–H groups in total. The smallest absolute Gasteiger partial charge is 0.125 e. The molecule has 4 heterocycles. The van der Waals surface area contributed by atoms with Crippen LogP contribution < -0.4 is 0 Å². The topological polar surface area (TPSA) is 41.9 Å². The summed E-state index contributed by atoms with van der Waals surface area (Å²) in [5.74, 6) is 0.866. The van der Waals surface area contributed by atoms with Gasteiger partial charge in [-0.1, -0.05) is 6.07 Å². The van der Waals surface area contributed by atoms with E-state index in [1.807, 2.05) is 19.3 Å². The fourth-order valence-corrected chi connectivity index (χ4v) is 3.62. The minimum absolute atomic E-state index is 0.866. The molecule has 23 heavy (non-hydrogen) atoms. The second-order valence-corrected chi connectivity index (χ2v) is 6.69. The molecule has 0 aliphatic carbocycles. The Bertz CT molecular complexity index is 796. The van der Waals surface area contributed by atoms with Gasteiger partial charge in [0.2, 0.25) is 0 Å². The number of rotatable bonds is 3. The van der Waals surface area contributed by atoms with Crippen LogP contribution in [0.2, 0.25) is 0 Å². The molecule has 4 rings (SSSR count). The number of aromatic nitrogens is 3. The van der Waals surface area contributed by atoms with E-state index in [1.165, 1.54) is 22.4 Å². The van der Waals surface area contributed by atoms with E-state index in [-0.39, 0.29) is 0 Å². The largest absolute Gasteiger partial charge is 0.294 e. The van der Waals surface area contributed by atoms with E-state index in [0.29, 0.717) is 0 Å². The van der Waals surface area contributed by atoms with Crippen LogP contribution in [0, 0.1) is 6.92 Å². The number of hydrogen-bond acceptors (Lipinski definition) is 5. The van der Waals surface area contributed by atoms with E-state index in [1.54, 1.807) is 11.3 Å². The summed E-state index contributed by atoms with van der Waals surface area (Å²) in [6.07, 6.45) is 4.97. The number of pyridine rings is 1. The van der Waals surface area contributed by atoms with Crippen LogP contribution in [0.1, 0.15) is 22.6 Å². The second kappa shape index (κ2) is 6.18. The molecule has 0 saturated heterocycles. The molecule has 3 aromatic rings. The van der Waals surface area contributed by atoms with Gasteiger partial charge in [0, 0.05) is 60.6 Å². The van der Waals surface area contributed by atoms with E-state index >= 15 is 0 Å². The molecule has 0 bridgehead atoms. The number of aryl methyl sites for hydroxylation is 1. The summed E-state index contributed by atoms with van der Waals surface area (Å²) in [6, 6.07) is 6.40. The molecule has 0 spiro atoms. The Morgan fingerprint density at radius 2 is 2.13 bits per heavy atom. The Morgan fingerprint density at radius 3 is 2.91 bits per heavy atom. The third-order valence-corrected chi connectivity index (χ3v) is 4.86. The second-order valence-electron chi connectivity index (χ2n) is 5.91. The summed E-state index contributed by atoms with van der Waals surface area (Å²) in [4.78, 5) is 15.9. The molecule has 0 saturated carbocycles. The minimum atomic E-state index is 0.866. The molecular weight excluding hydrogens is 304 g/mol. The van der Waals surface area contributed by atoms with Gasteiger partial charge in [0.1, 0.15) is 5.82 Å². The zero-order valence-corrected chi connectivity index (χ0v) is 13.9. The van der Waals surface area contributed by atoms with Crippen LogP contribution in [0.15, 0.2) is 41.4 Å². The lowest BCUT2D eigenvalue weighted by atomic mass is 10.1. The van der Waals surface area contributed by atoms with Gasteiger partial charge >= 0.3 is 0 Å². The number of hydrogen-bond donors (Lipinski definition) is 0. The Morgan fingerprint density at radius 1 is 1.17 bits per heavy atom. The molecule has 0 atom stereocenters. The normalized spacial score (nSPS) is 14.7. The zero-order valence-electron chi connectivity index (χ0n) is 13.1. The van der Waals surface area contributed by atoms with Crippen molar-refractivity contribution in [3.63, 3.8) is 0 Å². The van der Waals surface area contributed by atoms with Crippen molar-refractivity contribution in [2.75, 3.05) is 6.54 Å². The van der Waals surface area contributed by atoms with Crippen molar-refractivity contribution < 1.29 is 0 Å². The van der Waals surface area contributed by atoms with E-state index in [9.17, 15) is 0 Å². The lowest BCUT2D eigenvalue weighted by molar-refractivity contribution is 0.242. The quantitative estimate of drug-likeness (QED) is 0.740. The van der Waals surface area contributed by atoms with Crippen molar-refractivity contribution in [2.24, 2.45) is 0 Å². The van der Waals surface area contributed by atoms with Crippen LogP contribution in [-0.2, 0) is 19.5 Å². The fourth-order valence-electron chi connectivity index (χ4n) is 2.97. The average molecular weight is 322 g/mol. The predicted octanol–water partition coefficient (Wildman–Crippen LogP) is 3.47. The van der Waals surface area contributed by atoms with Crippen LogP contribution in [0.3, 0.4) is 0 Å². The third kappa shape index (κ3) is 3.16. The first-order valence-electron chi connectivity index (χ1n) is 7.79. The molecule has 5 heteroatoms. The van der Waals surface area contributed by atoms with Crippen LogP contribution in [-0.4, -0.2) is 26.4 Å². The third-order valence-electron chi connectivity index (χ3n) is 4.18. The minimum Gasteiger partial charge on any atom is -0.294 e. The van der Waals surface area contributed by atoms with Gasteiger partial charge in [0.05, 0.1) is 5.69 Å². The molecule has 1 aliphatic rings. The summed E-state index contributed by atoms with van der Waals surface area (Å²) < 4.78 is 0. The highest BCUT2D eigenvalue weighted by atomic mass is 32.1. The zero-order chi connectivity index (χ0) is 15.6. The van der Waals surface area contributed by atoms with Crippen LogP contribution in [0.5, 0.6) is 0 Å². The van der Waals surface area contributed by atoms with Crippen molar-refractivity contribution in [1.29, 1.82) is 0 Å². The lowest BCUT2D eigenvalue weighted by Crippen LogP contribution is -2.31. The molecule has 3 aromatic heterocycles. The van der Waals surface area contributed by atoms with E-state index in [0.717, 1.165) is 37.6 Å². The first-order chi connectivity index (χ1) is 11.3. The lowest BCUT2D eigenvalue weighted by Gasteiger charge is -2.27. The maximum absolute atomic E-state index is 4.60. The van der Waals surface area contributed by atoms with Gasteiger partial charge in [-0.15, -0.1) is 0 Å². The summed E-state index contributed by atoms with van der Waals surface area (Å²) in [5.41, 5.74) is 5.95. The van der Waals surface area contributed by atoms with Gasteiger partial charge in [0.15, 0.2) is 0 Å². The predicted molar refractivity (Wildman–Crippen MR) is 92.1 cm³/mol. The monoisotopic (exact) mass is 322 g/mol. The number of fused-ring (bicyclic) bond motifs is 1. The SMILES string of the molecule is Cc1ncc2c(n1)CCN(Cc1ccc(-c3ccsc3)nc1)C2. The highest BCUT2D eigenvalue weighted by Gasteiger charge is 2.18. The standard InChI is InChI=1S/C18H18N4S/c1-13-19-9-16-11-22(6-4-18(16)21-13)10-14-2-3-17(20-8-14)15-5-7-23-12-15/h2-3,5,7-9,12H,4,6,10-11H2,1H3. The molecule has 0 amide bonds. The first kappa shape index (κ1) is 14.5. The van der Waals surface area contributed by atoms with Crippen molar-refractivity contribution in [2.45, 2.75) is 26.4 Å². The summed E-state index contributed by atoms with van der Waals surface area (Å²) in [7, 11) is 0. The van der Waals surface area contributed by atoms with Crippen LogP contribution >= 0.6 is 11.3 Å². The average Bonchev–Trinajstić information content (AvgIpc) is 3.10. The number of nitrogens with zero attached hydrogens (tertiary/aromatic N) is 4. The number of thiophene rings is 1. The Balaban J connectivity index is 1.45. The molecule has 0 radical (unpaired) electrons. The summed E-state index contributed by atoms with van der Waals surface area (Å²) >= 11 is 1.70. The Hall–Kier alpha value is -2.11. The van der Waals surface area contributed by atoms with E-state index in [4.69, 9.17) is 0 Å². The van der Waals surface area contributed by atoms with E-state index < -0.39 is 0 Å². The Kier molecular flexibility index (Phi) is 3.89. The summed E-state index contributed by atoms with van der Waals surface area (Å²) in [5, 5.41) is 4.21. The molecule has 116 valence electrons. The maximum Gasteiger partial charge on any atom is 0.125 e. The molecule has 4 nitrogen and oxygen atoms in total. The van der Waals surface area contributed by atoms with E-state index in [2.05, 4.69) is 48.8 Å². The van der Waals surface area contributed by atoms with Crippen molar-refractivity contribution in [1.82, 2.24) is 19.9 Å². The van der Waals surface area contributed by atoms with Crippen molar-refractivity contribution in [3.8, 4) is 11.3 Å². The molecular formula is C18H18N4S. The van der Waals surface area contributed by atoms with Crippen molar-refractivity contribution >= 4 is 11.3 Å². The Labute approximate surface area is 139 Å². The van der Waals surface area contributed by atoms with Gasteiger partial charge in [0.25, 0.3) is 0 Å². The van der Waals surface area contributed by atoms with Gasteiger partial charge in [-0.2, -0.15) is 11.3 Å². The van der Waals surface area contributed by atoms with Crippen LogP contribution in [0.4, 0.5) is 0 Å². The van der Waals surface area contributed by atoms with Gasteiger partial charge in [-0.25, -0.2) is 9.97 Å². The van der Waals surface area contributed by atoms with Crippen LogP contribution in [0.25, 0.3) is 11.3 Å². The first-order valence-corrected chi connectivity index (χ1v) is 8.73. The van der Waals surface area contributed by atoms with Gasteiger partial charge < -0.3 is 0 Å². The highest BCUT2D eigenvalue weighted by molar-refractivity contribution is 7.08. The maximum atomic E-state index is 4.60. The highest BCUT2D eigenvalue weighted by Crippen LogP contribution is 2.21. The van der Waals surface area contributed by atoms with Gasteiger partial charge in [-0.3, -0.25) is 9.88 Å². The molecule has 0 unspecified atom stereocenters. The molecule has 0 fully saturated rings. The molecule has 0 aromatic carbocycles. The summed E-state index contributed by atoms with van der Waals surface area (Å²) in [6.45, 7) is 4.83.